The Labute approximate surface area is 91.7 Å². The molecule has 0 amide bonds. The molecule has 15 heavy (non-hydrogen) atoms. The van der Waals surface area contributed by atoms with Crippen LogP contribution in [0.3, 0.4) is 0 Å². The van der Waals surface area contributed by atoms with Crippen molar-refractivity contribution in [2.24, 2.45) is 21.7 Å². The Kier molecular flexibility index (Phi) is 3.66. The topological polar surface area (TPSA) is 101 Å². The van der Waals surface area contributed by atoms with Crippen LogP contribution in [0.25, 0.3) is 0 Å². The summed E-state index contributed by atoms with van der Waals surface area (Å²) in [7, 11) is 0. The maximum atomic E-state index is 8.80. The van der Waals surface area contributed by atoms with Crippen LogP contribution in [0.4, 0.5) is 0 Å². The van der Waals surface area contributed by atoms with Gasteiger partial charge in [-0.1, -0.05) is 23.7 Å². The molecule has 0 unspecified atom stereocenters. The molecule has 0 aliphatic rings. The summed E-state index contributed by atoms with van der Waals surface area (Å²) >= 11 is 5.70. The molecule has 0 atom stereocenters. The maximum Gasteiger partial charge on any atom is 0.211 e. The van der Waals surface area contributed by atoms with E-state index in [0.717, 1.165) is 0 Å². The van der Waals surface area contributed by atoms with Crippen LogP contribution in [0.15, 0.2) is 34.5 Å². The van der Waals surface area contributed by atoms with Crippen LogP contribution in [-0.4, -0.2) is 11.7 Å². The molecule has 1 aromatic rings. The fourth-order valence-corrected chi connectivity index (χ4v) is 0.986. The normalized spacial score (nSPS) is 10.5. The molecule has 5 nitrogen and oxygen atoms in total. The first-order valence-corrected chi connectivity index (χ1v) is 4.34. The smallest absolute Gasteiger partial charge is 0.211 e. The fourth-order valence-electron chi connectivity index (χ4n) is 0.860. The van der Waals surface area contributed by atoms with Gasteiger partial charge in [-0.05, 0) is 12.1 Å². The predicted octanol–water partition coefficient (Wildman–Crippen LogP) is 0.841. The van der Waals surface area contributed by atoms with Gasteiger partial charge in [0, 0.05) is 10.6 Å². The van der Waals surface area contributed by atoms with Gasteiger partial charge in [0.25, 0.3) is 0 Å². The van der Waals surface area contributed by atoms with Crippen LogP contribution in [0.1, 0.15) is 5.56 Å². The Morgan fingerprint density at radius 3 is 2.27 bits per heavy atom. The lowest BCUT2D eigenvalue weighted by molar-refractivity contribution is 1.20. The average molecular weight is 222 g/mol. The van der Waals surface area contributed by atoms with Gasteiger partial charge < -0.3 is 11.5 Å². The second-order valence-corrected chi connectivity index (χ2v) is 3.03. The minimum Gasteiger partial charge on any atom is -0.369 e. The highest BCUT2D eigenvalue weighted by Crippen LogP contribution is 2.10. The molecular formula is C9H8ClN5. The van der Waals surface area contributed by atoms with Crippen molar-refractivity contribution >= 4 is 23.3 Å². The fraction of sp³-hybridized carbons (Fsp3) is 0. The molecule has 0 saturated heterocycles. The number of halogens is 1. The van der Waals surface area contributed by atoms with Crippen LogP contribution in [0.5, 0.6) is 0 Å². The first kappa shape index (κ1) is 11.0. The lowest BCUT2D eigenvalue weighted by atomic mass is 10.1. The monoisotopic (exact) mass is 221 g/mol. The molecule has 4 N–H and O–H groups in total. The molecule has 0 aliphatic heterocycles. The number of nitrogens with zero attached hydrogens (tertiary/aromatic N) is 3. The van der Waals surface area contributed by atoms with Gasteiger partial charge in [0.2, 0.25) is 5.96 Å². The predicted molar refractivity (Wildman–Crippen MR) is 59.4 cm³/mol. The van der Waals surface area contributed by atoms with E-state index in [1.165, 1.54) is 0 Å². The zero-order valence-electron chi connectivity index (χ0n) is 7.68. The molecule has 0 aromatic heterocycles. The van der Waals surface area contributed by atoms with Gasteiger partial charge in [-0.3, -0.25) is 0 Å². The lowest BCUT2D eigenvalue weighted by Gasteiger charge is -1.95. The summed E-state index contributed by atoms with van der Waals surface area (Å²) in [6.07, 6.45) is 0. The van der Waals surface area contributed by atoms with E-state index in [1.807, 2.05) is 6.07 Å². The SMILES string of the molecule is N#C/C(=N\N=C(N)N)c1ccc(Cl)cc1. The Balaban J connectivity index is 3.04. The molecule has 6 heteroatoms. The van der Waals surface area contributed by atoms with Crippen LogP contribution in [0.2, 0.25) is 5.02 Å². The van der Waals surface area contributed by atoms with E-state index >= 15 is 0 Å². The number of nitriles is 1. The van der Waals surface area contributed by atoms with E-state index in [4.69, 9.17) is 28.3 Å². The molecule has 0 spiro atoms. The number of hydrogen-bond acceptors (Lipinski definition) is 3. The minimum atomic E-state index is -0.197. The zero-order valence-corrected chi connectivity index (χ0v) is 8.44. The standard InChI is InChI=1S/C9H8ClN5/c10-7-3-1-6(2-4-7)8(5-11)14-15-9(12)13/h1-4H,(H4,12,13,15)/b14-8+. The molecule has 0 heterocycles. The van der Waals surface area contributed by atoms with E-state index in [1.54, 1.807) is 24.3 Å². The first-order chi connectivity index (χ1) is 7.13. The summed E-state index contributed by atoms with van der Waals surface area (Å²) < 4.78 is 0. The molecule has 1 rings (SSSR count). The van der Waals surface area contributed by atoms with E-state index in [9.17, 15) is 0 Å². The summed E-state index contributed by atoms with van der Waals surface area (Å²) in [6, 6.07) is 8.50. The molecule has 0 radical (unpaired) electrons. The van der Waals surface area contributed by atoms with E-state index in [2.05, 4.69) is 10.2 Å². The second kappa shape index (κ2) is 4.98. The second-order valence-electron chi connectivity index (χ2n) is 2.59. The van der Waals surface area contributed by atoms with Crippen molar-refractivity contribution in [2.45, 2.75) is 0 Å². The highest BCUT2D eigenvalue weighted by Gasteiger charge is 2.01. The molecule has 0 fully saturated rings. The van der Waals surface area contributed by atoms with Gasteiger partial charge >= 0.3 is 0 Å². The average Bonchev–Trinajstić information content (AvgIpc) is 2.21. The van der Waals surface area contributed by atoms with Crippen molar-refractivity contribution < 1.29 is 0 Å². The summed E-state index contributed by atoms with van der Waals surface area (Å²) in [5.74, 6) is -0.197. The minimum absolute atomic E-state index is 0.125. The third kappa shape index (κ3) is 3.29. The van der Waals surface area contributed by atoms with Crippen molar-refractivity contribution in [3.8, 4) is 6.07 Å². The molecule has 0 bridgehead atoms. The third-order valence-electron chi connectivity index (χ3n) is 1.49. The van der Waals surface area contributed by atoms with Crippen LogP contribution < -0.4 is 11.5 Å². The first-order valence-electron chi connectivity index (χ1n) is 3.96. The van der Waals surface area contributed by atoms with Gasteiger partial charge in [0.15, 0.2) is 5.71 Å². The maximum absolute atomic E-state index is 8.80. The van der Waals surface area contributed by atoms with Gasteiger partial charge in [-0.2, -0.15) is 5.26 Å². The summed E-state index contributed by atoms with van der Waals surface area (Å²) in [4.78, 5) is 0. The summed E-state index contributed by atoms with van der Waals surface area (Å²) in [5.41, 5.74) is 10.9. The number of guanidine groups is 1. The van der Waals surface area contributed by atoms with Gasteiger partial charge in [-0.25, -0.2) is 0 Å². The number of rotatable bonds is 2. The molecule has 0 aliphatic carbocycles. The van der Waals surface area contributed by atoms with Gasteiger partial charge in [-0.15, -0.1) is 10.2 Å². The van der Waals surface area contributed by atoms with Crippen molar-refractivity contribution in [3.05, 3.63) is 34.9 Å². The van der Waals surface area contributed by atoms with Crippen molar-refractivity contribution in [1.29, 1.82) is 5.26 Å². The highest BCUT2D eigenvalue weighted by atomic mass is 35.5. The zero-order chi connectivity index (χ0) is 11.3. The van der Waals surface area contributed by atoms with Crippen LogP contribution in [0, 0.1) is 11.3 Å². The molecule has 0 saturated carbocycles. The quantitative estimate of drug-likeness (QED) is 0.440. The van der Waals surface area contributed by atoms with Crippen molar-refractivity contribution in [1.82, 2.24) is 0 Å². The number of hydrogen-bond donors (Lipinski definition) is 2. The van der Waals surface area contributed by atoms with Gasteiger partial charge in [0.1, 0.15) is 6.07 Å². The van der Waals surface area contributed by atoms with E-state index < -0.39 is 0 Å². The van der Waals surface area contributed by atoms with E-state index in [-0.39, 0.29) is 11.7 Å². The Morgan fingerprint density at radius 1 is 1.20 bits per heavy atom. The highest BCUT2D eigenvalue weighted by molar-refractivity contribution is 6.30. The Hall–Kier alpha value is -2.06. The Bertz CT molecular complexity index is 437. The summed E-state index contributed by atoms with van der Waals surface area (Å²) in [5, 5.41) is 16.4. The number of benzene rings is 1. The number of nitrogens with two attached hydrogens (primary N) is 2. The van der Waals surface area contributed by atoms with Crippen LogP contribution in [-0.2, 0) is 0 Å². The van der Waals surface area contributed by atoms with Crippen molar-refractivity contribution in [2.75, 3.05) is 0 Å². The van der Waals surface area contributed by atoms with Crippen molar-refractivity contribution in [3.63, 3.8) is 0 Å². The molecule has 1 aromatic carbocycles. The Morgan fingerprint density at radius 2 is 1.80 bits per heavy atom. The largest absolute Gasteiger partial charge is 0.369 e. The van der Waals surface area contributed by atoms with Gasteiger partial charge in [0.05, 0.1) is 0 Å². The third-order valence-corrected chi connectivity index (χ3v) is 1.74. The molecular weight excluding hydrogens is 214 g/mol. The lowest BCUT2D eigenvalue weighted by Crippen LogP contribution is -2.22. The summed E-state index contributed by atoms with van der Waals surface area (Å²) in [6.45, 7) is 0. The molecule has 76 valence electrons. The van der Waals surface area contributed by atoms with Crippen LogP contribution >= 0.6 is 11.6 Å². The van der Waals surface area contributed by atoms with E-state index in [0.29, 0.717) is 10.6 Å².